The van der Waals surface area contributed by atoms with Crippen LogP contribution in [-0.4, -0.2) is 27.4 Å². The Hall–Kier alpha value is 0.1000. The summed E-state index contributed by atoms with van der Waals surface area (Å²) in [6.45, 7) is 3.05. The molecule has 0 amide bonds. The predicted octanol–water partition coefficient (Wildman–Crippen LogP) is 7.79. The van der Waals surface area contributed by atoms with E-state index in [1.165, 1.54) is 22.6 Å². The van der Waals surface area contributed by atoms with Crippen molar-refractivity contribution in [2.75, 3.05) is 0 Å². The summed E-state index contributed by atoms with van der Waals surface area (Å²) in [5.74, 6) is -6.52. The summed E-state index contributed by atoms with van der Waals surface area (Å²) in [5, 5.41) is 0. The van der Waals surface area contributed by atoms with Gasteiger partial charge in [0.1, 0.15) is 0 Å². The second-order valence-electron chi connectivity index (χ2n) is 6.48. The molecule has 0 nitrogen and oxygen atoms in total. The zero-order valence-electron chi connectivity index (χ0n) is 13.9. The summed E-state index contributed by atoms with van der Waals surface area (Å²) in [7, 11) is 0. The molecule has 0 aliphatic rings. The van der Waals surface area contributed by atoms with Crippen LogP contribution in [0.4, 0.5) is 39.5 Å². The van der Waals surface area contributed by atoms with Gasteiger partial charge in [-0.15, -0.1) is 0 Å². The maximum absolute atomic E-state index is 14.1. The first-order valence-electron chi connectivity index (χ1n) is 7.91. The number of hydrogen-bond acceptors (Lipinski definition) is 0. The Morgan fingerprint density at radius 1 is 0.680 bits per heavy atom. The molecule has 25 heavy (non-hydrogen) atoms. The van der Waals surface area contributed by atoms with Gasteiger partial charge in [0.25, 0.3) is 5.67 Å². The molecule has 0 N–H and O–H groups in total. The predicted molar refractivity (Wildman–Crippen MR) is 85.9 cm³/mol. The zero-order chi connectivity index (χ0) is 20.2. The average molecular weight is 500 g/mol. The Morgan fingerprint density at radius 3 is 1.52 bits per heavy atom. The van der Waals surface area contributed by atoms with Gasteiger partial charge in [-0.1, -0.05) is 75.0 Å². The van der Waals surface area contributed by atoms with Crippen LogP contribution in [0.5, 0.6) is 0 Å². The van der Waals surface area contributed by atoms with E-state index in [0.717, 1.165) is 32.6 Å². The first kappa shape index (κ1) is 25.1. The molecular weight excluding hydrogens is 478 g/mol. The minimum atomic E-state index is -6.63. The molecule has 0 aliphatic carbocycles. The molecule has 0 heterocycles. The number of alkyl halides is 10. The quantitative estimate of drug-likeness (QED) is 0.124. The first-order chi connectivity index (χ1) is 11.0. The molecule has 2 atom stereocenters. The second-order valence-corrected chi connectivity index (χ2v) is 9.08. The lowest BCUT2D eigenvalue weighted by Gasteiger charge is -2.39. The average Bonchev–Trinajstić information content (AvgIpc) is 2.39. The summed E-state index contributed by atoms with van der Waals surface area (Å²) in [6.07, 6.45) is -10.5. The lowest BCUT2D eigenvalue weighted by Crippen LogP contribution is -2.63. The molecular formula is C15H22F9I. The highest BCUT2D eigenvalue weighted by Crippen LogP contribution is 2.57. The van der Waals surface area contributed by atoms with E-state index in [1.54, 1.807) is 0 Å². The summed E-state index contributed by atoms with van der Waals surface area (Å²) in [6, 6.07) is 0. The minimum absolute atomic E-state index is 0.0879. The molecule has 0 rings (SSSR count). The second kappa shape index (κ2) is 8.86. The van der Waals surface area contributed by atoms with Crippen LogP contribution in [0.2, 0.25) is 0 Å². The Labute approximate surface area is 155 Å². The van der Waals surface area contributed by atoms with E-state index in [-0.39, 0.29) is 6.42 Å². The highest BCUT2D eigenvalue weighted by Gasteiger charge is 2.81. The molecule has 0 aliphatic heterocycles. The van der Waals surface area contributed by atoms with E-state index >= 15 is 0 Å². The summed E-state index contributed by atoms with van der Waals surface area (Å²) in [5.41, 5.74) is -5.67. The van der Waals surface area contributed by atoms with Crippen molar-refractivity contribution < 1.29 is 39.5 Å². The monoisotopic (exact) mass is 500 g/mol. The van der Waals surface area contributed by atoms with E-state index in [4.69, 9.17) is 0 Å². The van der Waals surface area contributed by atoms with E-state index in [9.17, 15) is 39.5 Å². The Bertz CT molecular complexity index is 401. The third-order valence-corrected chi connectivity index (χ3v) is 4.89. The standard InChI is InChI=1S/C15H22F9I/c1-3-4-5-6-7-8-9-11(2,25)10-12(16,14(19,20)21)13(17,18)15(22,23)24/h3-10H2,1-2H3. The molecule has 0 saturated carbocycles. The van der Waals surface area contributed by atoms with Gasteiger partial charge < -0.3 is 0 Å². The SMILES string of the molecule is CCCCCCCCC(C)(I)CC(F)(C(F)(F)F)C(F)(F)C(F)(F)F. The maximum Gasteiger partial charge on any atom is 0.457 e. The van der Waals surface area contributed by atoms with Crippen LogP contribution < -0.4 is 0 Å². The number of hydrogen-bond donors (Lipinski definition) is 0. The number of unbranched alkanes of at least 4 members (excludes halogenated alkanes) is 5. The first-order valence-corrected chi connectivity index (χ1v) is 8.99. The topological polar surface area (TPSA) is 0 Å². The van der Waals surface area contributed by atoms with Gasteiger partial charge in [0.2, 0.25) is 0 Å². The van der Waals surface area contributed by atoms with Gasteiger partial charge in [0.15, 0.2) is 0 Å². The molecule has 0 spiro atoms. The molecule has 2 unspecified atom stereocenters. The van der Waals surface area contributed by atoms with Gasteiger partial charge in [-0.05, 0) is 6.42 Å². The number of rotatable bonds is 10. The normalized spacial score (nSPS) is 18.7. The largest absolute Gasteiger partial charge is 0.457 e. The van der Waals surface area contributed by atoms with Crippen molar-refractivity contribution in [3.8, 4) is 0 Å². The molecule has 0 aromatic heterocycles. The van der Waals surface area contributed by atoms with Crippen LogP contribution in [0, 0.1) is 0 Å². The lowest BCUT2D eigenvalue weighted by molar-refractivity contribution is -0.385. The van der Waals surface area contributed by atoms with Crippen LogP contribution in [0.3, 0.4) is 0 Å². The molecule has 0 aromatic rings. The van der Waals surface area contributed by atoms with Crippen molar-refractivity contribution >= 4 is 22.6 Å². The van der Waals surface area contributed by atoms with Crippen molar-refractivity contribution in [2.45, 2.75) is 92.6 Å². The Kier molecular flexibility index (Phi) is 8.89. The fourth-order valence-electron chi connectivity index (χ4n) is 2.48. The summed E-state index contributed by atoms with van der Waals surface area (Å²) in [4.78, 5) is 0. The highest BCUT2D eigenvalue weighted by molar-refractivity contribution is 14.1. The van der Waals surface area contributed by atoms with Crippen molar-refractivity contribution in [1.29, 1.82) is 0 Å². The number of halogens is 10. The van der Waals surface area contributed by atoms with Crippen LogP contribution in [0.1, 0.15) is 65.2 Å². The van der Waals surface area contributed by atoms with Gasteiger partial charge in [0.05, 0.1) is 0 Å². The van der Waals surface area contributed by atoms with Gasteiger partial charge in [-0.25, -0.2) is 4.39 Å². The van der Waals surface area contributed by atoms with Gasteiger partial charge in [0, 0.05) is 9.84 Å². The molecule has 0 saturated heterocycles. The lowest BCUT2D eigenvalue weighted by atomic mass is 9.84. The third-order valence-electron chi connectivity index (χ3n) is 3.97. The van der Waals surface area contributed by atoms with Gasteiger partial charge in [-0.3, -0.25) is 0 Å². The molecule has 0 radical (unpaired) electrons. The minimum Gasteiger partial charge on any atom is -0.227 e. The van der Waals surface area contributed by atoms with Crippen LogP contribution >= 0.6 is 22.6 Å². The smallest absolute Gasteiger partial charge is 0.227 e. The summed E-state index contributed by atoms with van der Waals surface area (Å²) >= 11 is 1.34. The van der Waals surface area contributed by atoms with E-state index in [2.05, 4.69) is 0 Å². The molecule has 0 aromatic carbocycles. The Balaban J connectivity index is 5.15. The van der Waals surface area contributed by atoms with Crippen molar-refractivity contribution in [3.05, 3.63) is 0 Å². The Morgan fingerprint density at radius 2 is 1.12 bits per heavy atom. The third kappa shape index (κ3) is 6.64. The fourth-order valence-corrected chi connectivity index (χ4v) is 3.39. The van der Waals surface area contributed by atoms with Crippen LogP contribution in [0.15, 0.2) is 0 Å². The highest BCUT2D eigenvalue weighted by atomic mass is 127. The van der Waals surface area contributed by atoms with Gasteiger partial charge in [-0.2, -0.15) is 35.1 Å². The van der Waals surface area contributed by atoms with E-state index in [1.807, 2.05) is 6.92 Å². The summed E-state index contributed by atoms with van der Waals surface area (Å²) < 4.78 is 115. The molecule has 0 fully saturated rings. The van der Waals surface area contributed by atoms with E-state index in [0.29, 0.717) is 12.8 Å². The fraction of sp³-hybridized carbons (Fsp3) is 1.00. The molecule has 10 heteroatoms. The molecule has 152 valence electrons. The van der Waals surface area contributed by atoms with Crippen molar-refractivity contribution in [1.82, 2.24) is 0 Å². The van der Waals surface area contributed by atoms with Crippen molar-refractivity contribution in [3.63, 3.8) is 0 Å². The van der Waals surface area contributed by atoms with E-state index < -0.39 is 33.8 Å². The molecule has 0 bridgehead atoms. The zero-order valence-corrected chi connectivity index (χ0v) is 16.1. The van der Waals surface area contributed by atoms with Crippen LogP contribution in [-0.2, 0) is 0 Å². The van der Waals surface area contributed by atoms with Gasteiger partial charge >= 0.3 is 18.3 Å². The van der Waals surface area contributed by atoms with Crippen LogP contribution in [0.25, 0.3) is 0 Å². The van der Waals surface area contributed by atoms with Crippen molar-refractivity contribution in [2.24, 2.45) is 0 Å². The maximum atomic E-state index is 14.1.